The zero-order chi connectivity index (χ0) is 22.1. The van der Waals surface area contributed by atoms with E-state index in [9.17, 15) is 9.59 Å². The molecule has 8 nitrogen and oxygen atoms in total. The number of likely N-dealkylation sites (N-methyl/N-ethyl adjacent to an activating group) is 1. The van der Waals surface area contributed by atoms with Crippen molar-refractivity contribution < 1.29 is 54.3 Å². The molecule has 0 spiro atoms. The zero-order valence-electron chi connectivity index (χ0n) is 19.2. The molecular formula is C22H35NO7W. The number of esters is 2. The molecule has 0 amide bonds. The van der Waals surface area contributed by atoms with Gasteiger partial charge in [-0.3, -0.25) is 0 Å². The van der Waals surface area contributed by atoms with Gasteiger partial charge >= 0.3 is 11.9 Å². The van der Waals surface area contributed by atoms with Crippen molar-refractivity contribution in [2.45, 2.75) is 45.6 Å². The van der Waals surface area contributed by atoms with Gasteiger partial charge in [0, 0.05) is 46.3 Å². The molecule has 2 aliphatic carbocycles. The van der Waals surface area contributed by atoms with Crippen molar-refractivity contribution in [1.82, 2.24) is 4.90 Å². The van der Waals surface area contributed by atoms with Gasteiger partial charge in [0.2, 0.25) is 0 Å². The third-order valence-corrected chi connectivity index (χ3v) is 5.56. The summed E-state index contributed by atoms with van der Waals surface area (Å²) in [6.07, 6.45) is 3.38. The standard InChI is InChI=1S/C17H23NO5.C3H6O2.C2H6.W/c1-18-8-9-23-15-13(17(20)22-3)12(16(19)21-2)10-6-4-5-7-11(10)14(15)18;1-2-5-3-4-1;1-2;/h10,15H,4-9H2,1-3H3;1-3H2;1-2H3;. The van der Waals surface area contributed by atoms with Crippen molar-refractivity contribution in [2.75, 3.05) is 54.4 Å². The fraction of sp³-hybridized carbons (Fsp3) is 0.727. The number of nitrogens with zero attached hydrogens (tertiary/aromatic N) is 1. The molecule has 0 aromatic carbocycles. The van der Waals surface area contributed by atoms with Crippen LogP contribution in [0.5, 0.6) is 0 Å². The normalized spacial score (nSPS) is 24.4. The predicted molar refractivity (Wildman–Crippen MR) is 111 cm³/mol. The van der Waals surface area contributed by atoms with Gasteiger partial charge in [0.15, 0.2) is 0 Å². The molecule has 0 radical (unpaired) electrons. The van der Waals surface area contributed by atoms with Crippen LogP contribution in [0, 0.1) is 5.92 Å². The van der Waals surface area contributed by atoms with E-state index in [1.54, 1.807) is 0 Å². The van der Waals surface area contributed by atoms with Crippen molar-refractivity contribution in [3.05, 3.63) is 22.4 Å². The van der Waals surface area contributed by atoms with Crippen LogP contribution in [-0.4, -0.2) is 77.4 Å². The Hall–Kier alpha value is -1.21. The summed E-state index contributed by atoms with van der Waals surface area (Å²) in [6, 6.07) is 0. The van der Waals surface area contributed by atoms with Crippen LogP contribution in [0.15, 0.2) is 22.4 Å². The number of fused-ring (bicyclic) bond motifs is 2. The average Bonchev–Trinajstić information content (AvgIpc) is 3.39. The van der Waals surface area contributed by atoms with Gasteiger partial charge in [-0.1, -0.05) is 20.3 Å². The summed E-state index contributed by atoms with van der Waals surface area (Å²) < 4.78 is 25.3. The van der Waals surface area contributed by atoms with E-state index in [4.69, 9.17) is 23.7 Å². The van der Waals surface area contributed by atoms with Crippen LogP contribution in [0.1, 0.15) is 39.5 Å². The Bertz CT molecular complexity index is 665. The van der Waals surface area contributed by atoms with E-state index in [1.807, 2.05) is 20.9 Å². The van der Waals surface area contributed by atoms with E-state index in [0.29, 0.717) is 24.5 Å². The number of methoxy groups -OCH3 is 2. The first-order valence-electron chi connectivity index (χ1n) is 10.7. The zero-order valence-corrected chi connectivity index (χ0v) is 22.2. The van der Waals surface area contributed by atoms with Crippen LogP contribution in [0.25, 0.3) is 0 Å². The molecule has 176 valence electrons. The predicted octanol–water partition coefficient (Wildman–Crippen LogP) is 2.43. The number of allylic oxidation sites excluding steroid dienone is 1. The summed E-state index contributed by atoms with van der Waals surface area (Å²) in [6.45, 7) is 7.35. The van der Waals surface area contributed by atoms with Gasteiger partial charge in [-0.2, -0.15) is 0 Å². The molecular weight excluding hydrogens is 574 g/mol. The maximum atomic E-state index is 12.4. The first-order chi connectivity index (χ1) is 14.6. The number of morpholine rings is 1. The molecule has 0 aromatic heterocycles. The fourth-order valence-corrected chi connectivity index (χ4v) is 4.29. The van der Waals surface area contributed by atoms with E-state index in [-0.39, 0.29) is 27.0 Å². The van der Waals surface area contributed by atoms with Gasteiger partial charge in [-0.05, 0) is 24.8 Å². The third-order valence-electron chi connectivity index (χ3n) is 5.56. The van der Waals surface area contributed by atoms with E-state index < -0.39 is 18.0 Å². The summed E-state index contributed by atoms with van der Waals surface area (Å²) in [4.78, 5) is 27.0. The van der Waals surface area contributed by atoms with Gasteiger partial charge in [0.05, 0.1) is 45.2 Å². The second kappa shape index (κ2) is 14.0. The number of carbonyl (C=O) groups is 2. The van der Waals surface area contributed by atoms with Crippen LogP contribution < -0.4 is 0 Å². The van der Waals surface area contributed by atoms with Crippen LogP contribution in [0.3, 0.4) is 0 Å². The van der Waals surface area contributed by atoms with Gasteiger partial charge in [-0.25, -0.2) is 9.59 Å². The molecule has 3 fully saturated rings. The first kappa shape index (κ1) is 27.8. The fourth-order valence-electron chi connectivity index (χ4n) is 4.29. The molecule has 31 heavy (non-hydrogen) atoms. The topological polar surface area (TPSA) is 83.5 Å². The van der Waals surface area contributed by atoms with E-state index in [1.165, 1.54) is 19.8 Å². The van der Waals surface area contributed by atoms with E-state index >= 15 is 0 Å². The summed E-state index contributed by atoms with van der Waals surface area (Å²) >= 11 is 0. The Kier molecular flexibility index (Phi) is 12.6. The Balaban J connectivity index is 0.000000520. The number of hydrogen-bond acceptors (Lipinski definition) is 8. The molecule has 9 heteroatoms. The maximum absolute atomic E-state index is 12.4. The van der Waals surface area contributed by atoms with E-state index in [0.717, 1.165) is 51.1 Å². The monoisotopic (exact) mass is 609 g/mol. The molecule has 0 N–H and O–H groups in total. The van der Waals surface area contributed by atoms with Gasteiger partial charge in [0.1, 0.15) is 12.9 Å². The minimum Gasteiger partial charge on any atom is -0.466 e. The number of carbonyl (C=O) groups excluding carboxylic acids is 2. The molecule has 0 bridgehead atoms. The SMILES string of the molecule is C1COCO1.CC.COC(=O)C1=C(C(=O)OC)C2OCCN(C)C2=C2CCCCC21.[W]. The smallest absolute Gasteiger partial charge is 0.337 e. The minimum absolute atomic E-state index is 0. The number of ether oxygens (including phenoxy) is 5. The summed E-state index contributed by atoms with van der Waals surface area (Å²) in [5.41, 5.74) is 3.00. The van der Waals surface area contributed by atoms with Crippen LogP contribution >= 0.6 is 0 Å². The van der Waals surface area contributed by atoms with Crippen LogP contribution in [0.2, 0.25) is 0 Å². The molecule has 2 saturated heterocycles. The second-order valence-corrected chi connectivity index (χ2v) is 7.13. The Labute approximate surface area is 199 Å². The summed E-state index contributed by atoms with van der Waals surface area (Å²) in [5, 5.41) is 0. The summed E-state index contributed by atoms with van der Waals surface area (Å²) in [5.74, 6) is -1.03. The molecule has 0 aromatic rings. The molecule has 2 atom stereocenters. The quantitative estimate of drug-likeness (QED) is 0.442. The maximum Gasteiger partial charge on any atom is 0.337 e. The van der Waals surface area contributed by atoms with Gasteiger partial charge in [0.25, 0.3) is 0 Å². The van der Waals surface area contributed by atoms with Crippen molar-refractivity contribution >= 4 is 11.9 Å². The average molecular weight is 609 g/mol. The molecule has 2 aliphatic heterocycles. The van der Waals surface area contributed by atoms with Crippen molar-refractivity contribution in [3.8, 4) is 0 Å². The first-order valence-corrected chi connectivity index (χ1v) is 10.7. The van der Waals surface area contributed by atoms with Crippen LogP contribution in [-0.2, 0) is 54.3 Å². The molecule has 4 aliphatic rings. The number of rotatable bonds is 2. The molecule has 2 heterocycles. The molecule has 4 rings (SSSR count). The largest absolute Gasteiger partial charge is 0.466 e. The van der Waals surface area contributed by atoms with Crippen molar-refractivity contribution in [2.24, 2.45) is 5.92 Å². The summed E-state index contributed by atoms with van der Waals surface area (Å²) in [7, 11) is 4.69. The minimum atomic E-state index is -0.528. The van der Waals surface area contributed by atoms with E-state index in [2.05, 4.69) is 4.90 Å². The van der Waals surface area contributed by atoms with Crippen molar-refractivity contribution in [3.63, 3.8) is 0 Å². The second-order valence-electron chi connectivity index (χ2n) is 7.13. The van der Waals surface area contributed by atoms with Gasteiger partial charge in [-0.15, -0.1) is 0 Å². The van der Waals surface area contributed by atoms with Crippen molar-refractivity contribution in [1.29, 1.82) is 0 Å². The Morgan fingerprint density at radius 3 is 2.13 bits per heavy atom. The molecule has 1 saturated carbocycles. The number of hydrogen-bond donors (Lipinski definition) is 0. The Morgan fingerprint density at radius 2 is 1.58 bits per heavy atom. The molecule has 2 unspecified atom stereocenters. The third kappa shape index (κ3) is 6.41. The van der Waals surface area contributed by atoms with Crippen LogP contribution in [0.4, 0.5) is 0 Å². The van der Waals surface area contributed by atoms with Gasteiger partial charge < -0.3 is 28.6 Å². The Morgan fingerprint density at radius 1 is 0.968 bits per heavy atom.